The third kappa shape index (κ3) is 3.97. The molecule has 0 spiro atoms. The number of hydrogen-bond acceptors (Lipinski definition) is 3. The molecule has 1 aliphatic heterocycles. The number of ether oxygens (including phenoxy) is 1. The fourth-order valence-electron chi connectivity index (χ4n) is 1.31. The lowest BCUT2D eigenvalue weighted by molar-refractivity contribution is 0.0161. The maximum Gasteiger partial charge on any atom is 0.261 e. The molecular formula is C8H16F2N2O. The van der Waals surface area contributed by atoms with Crippen molar-refractivity contribution >= 4 is 0 Å². The van der Waals surface area contributed by atoms with Crippen molar-refractivity contribution in [2.24, 2.45) is 5.73 Å². The van der Waals surface area contributed by atoms with E-state index in [0.717, 1.165) is 0 Å². The Hall–Kier alpha value is -0.260. The molecule has 0 saturated carbocycles. The lowest BCUT2D eigenvalue weighted by atomic mass is 10.2. The van der Waals surface area contributed by atoms with E-state index < -0.39 is 5.92 Å². The van der Waals surface area contributed by atoms with E-state index in [2.05, 4.69) is 5.32 Å². The summed E-state index contributed by atoms with van der Waals surface area (Å²) in [6.07, 6.45) is -0.133. The van der Waals surface area contributed by atoms with Gasteiger partial charge >= 0.3 is 0 Å². The minimum atomic E-state index is -2.57. The van der Waals surface area contributed by atoms with Crippen LogP contribution in [0.25, 0.3) is 0 Å². The Kier molecular flexibility index (Phi) is 3.58. The van der Waals surface area contributed by atoms with Crippen LogP contribution in [-0.2, 0) is 4.74 Å². The first kappa shape index (κ1) is 10.8. The van der Waals surface area contributed by atoms with Gasteiger partial charge in [-0.3, -0.25) is 0 Å². The molecule has 13 heavy (non-hydrogen) atoms. The summed E-state index contributed by atoms with van der Waals surface area (Å²) in [7, 11) is 0. The van der Waals surface area contributed by atoms with Crippen molar-refractivity contribution < 1.29 is 13.5 Å². The van der Waals surface area contributed by atoms with Crippen LogP contribution in [0.5, 0.6) is 0 Å². The van der Waals surface area contributed by atoms with Crippen LogP contribution in [-0.4, -0.2) is 37.8 Å². The average Bonchev–Trinajstić information content (AvgIpc) is 2.29. The number of halogens is 2. The third-order valence-electron chi connectivity index (χ3n) is 1.89. The molecule has 2 atom stereocenters. The second-order valence-electron chi connectivity index (χ2n) is 3.65. The van der Waals surface area contributed by atoms with Crippen LogP contribution in [0.1, 0.15) is 13.3 Å². The zero-order valence-electron chi connectivity index (χ0n) is 7.72. The maximum atomic E-state index is 12.6. The standard InChI is InChI=1S/C8H16F2N2O/c1-6(11)3-13-4-7-2-8(9,10)5-12-7/h6-7,12H,2-5,11H2,1H3/t6?,7-/m0/s1. The molecule has 0 bridgehead atoms. The molecular weight excluding hydrogens is 178 g/mol. The van der Waals surface area contributed by atoms with Gasteiger partial charge in [0.1, 0.15) is 0 Å². The summed E-state index contributed by atoms with van der Waals surface area (Å²) in [5.74, 6) is -2.57. The van der Waals surface area contributed by atoms with Gasteiger partial charge in [0, 0.05) is 18.5 Å². The minimum Gasteiger partial charge on any atom is -0.378 e. The van der Waals surface area contributed by atoms with E-state index >= 15 is 0 Å². The molecule has 1 aliphatic rings. The van der Waals surface area contributed by atoms with E-state index in [0.29, 0.717) is 13.2 Å². The molecule has 0 aliphatic carbocycles. The van der Waals surface area contributed by atoms with Crippen LogP contribution >= 0.6 is 0 Å². The van der Waals surface area contributed by atoms with Gasteiger partial charge in [-0.2, -0.15) is 0 Å². The second-order valence-corrected chi connectivity index (χ2v) is 3.65. The van der Waals surface area contributed by atoms with Gasteiger partial charge in [-0.1, -0.05) is 0 Å². The largest absolute Gasteiger partial charge is 0.378 e. The van der Waals surface area contributed by atoms with Crippen LogP contribution < -0.4 is 11.1 Å². The van der Waals surface area contributed by atoms with E-state index in [1.54, 1.807) is 0 Å². The van der Waals surface area contributed by atoms with Crippen molar-refractivity contribution in [3.05, 3.63) is 0 Å². The predicted molar refractivity (Wildman–Crippen MR) is 45.8 cm³/mol. The van der Waals surface area contributed by atoms with Gasteiger partial charge in [0.25, 0.3) is 5.92 Å². The normalized spacial score (nSPS) is 29.1. The van der Waals surface area contributed by atoms with Crippen molar-refractivity contribution in [1.82, 2.24) is 5.32 Å². The Labute approximate surface area is 76.6 Å². The molecule has 5 heteroatoms. The highest BCUT2D eigenvalue weighted by molar-refractivity contribution is 4.86. The lowest BCUT2D eigenvalue weighted by Crippen LogP contribution is -2.30. The molecule has 1 heterocycles. The van der Waals surface area contributed by atoms with Crippen molar-refractivity contribution in [2.75, 3.05) is 19.8 Å². The van der Waals surface area contributed by atoms with Gasteiger partial charge in [-0.15, -0.1) is 0 Å². The first-order valence-corrected chi connectivity index (χ1v) is 4.44. The number of alkyl halides is 2. The van der Waals surface area contributed by atoms with E-state index in [4.69, 9.17) is 10.5 Å². The van der Waals surface area contributed by atoms with Crippen LogP contribution in [0, 0.1) is 0 Å². The quantitative estimate of drug-likeness (QED) is 0.678. The molecule has 1 rings (SSSR count). The molecule has 78 valence electrons. The molecule has 3 nitrogen and oxygen atoms in total. The Bertz CT molecular complexity index is 164. The molecule has 0 aromatic rings. The molecule has 1 saturated heterocycles. The van der Waals surface area contributed by atoms with Crippen LogP contribution in [0.4, 0.5) is 8.78 Å². The predicted octanol–water partition coefficient (Wildman–Crippen LogP) is 0.347. The van der Waals surface area contributed by atoms with E-state index in [-0.39, 0.29) is 25.0 Å². The topological polar surface area (TPSA) is 47.3 Å². The average molecular weight is 194 g/mol. The molecule has 1 fully saturated rings. The Morgan fingerprint density at radius 1 is 1.69 bits per heavy atom. The Balaban J connectivity index is 2.11. The maximum absolute atomic E-state index is 12.6. The fraction of sp³-hybridized carbons (Fsp3) is 1.00. The van der Waals surface area contributed by atoms with Gasteiger partial charge in [-0.25, -0.2) is 8.78 Å². The SMILES string of the molecule is CC(N)COC[C@@H]1CC(F)(F)CN1. The van der Waals surface area contributed by atoms with Gasteiger partial charge in [0.05, 0.1) is 19.8 Å². The summed E-state index contributed by atoms with van der Waals surface area (Å²) in [5.41, 5.74) is 5.44. The zero-order chi connectivity index (χ0) is 9.90. The minimum absolute atomic E-state index is 0.0399. The summed E-state index contributed by atoms with van der Waals surface area (Å²) in [6, 6.07) is -0.268. The highest BCUT2D eigenvalue weighted by Gasteiger charge is 2.39. The summed E-state index contributed by atoms with van der Waals surface area (Å²) in [4.78, 5) is 0. The van der Waals surface area contributed by atoms with Crippen molar-refractivity contribution in [3.63, 3.8) is 0 Å². The molecule has 3 N–H and O–H groups in total. The number of nitrogens with one attached hydrogen (secondary N) is 1. The van der Waals surface area contributed by atoms with Gasteiger partial charge in [0.15, 0.2) is 0 Å². The Morgan fingerprint density at radius 2 is 2.38 bits per heavy atom. The lowest BCUT2D eigenvalue weighted by Gasteiger charge is -2.12. The van der Waals surface area contributed by atoms with Gasteiger partial charge in [-0.05, 0) is 6.92 Å². The van der Waals surface area contributed by atoms with E-state index in [9.17, 15) is 8.78 Å². The summed E-state index contributed by atoms with van der Waals surface area (Å²) in [6.45, 7) is 2.32. The highest BCUT2D eigenvalue weighted by atomic mass is 19.3. The van der Waals surface area contributed by atoms with Crippen LogP contribution in [0.15, 0.2) is 0 Å². The molecule has 0 radical (unpaired) electrons. The summed E-state index contributed by atoms with van der Waals surface area (Å²) < 4.78 is 30.4. The smallest absolute Gasteiger partial charge is 0.261 e. The van der Waals surface area contributed by atoms with Gasteiger partial charge in [0.2, 0.25) is 0 Å². The van der Waals surface area contributed by atoms with Crippen molar-refractivity contribution in [1.29, 1.82) is 0 Å². The Morgan fingerprint density at radius 3 is 2.85 bits per heavy atom. The molecule has 1 unspecified atom stereocenters. The number of nitrogens with two attached hydrogens (primary N) is 1. The monoisotopic (exact) mass is 194 g/mol. The summed E-state index contributed by atoms with van der Waals surface area (Å²) >= 11 is 0. The van der Waals surface area contributed by atoms with E-state index in [1.807, 2.05) is 6.92 Å². The second kappa shape index (κ2) is 4.30. The molecule has 0 aromatic carbocycles. The first-order chi connectivity index (χ1) is 5.99. The molecule has 0 amide bonds. The van der Waals surface area contributed by atoms with Crippen LogP contribution in [0.2, 0.25) is 0 Å². The number of hydrogen-bond donors (Lipinski definition) is 2. The van der Waals surface area contributed by atoms with E-state index in [1.165, 1.54) is 0 Å². The highest BCUT2D eigenvalue weighted by Crippen LogP contribution is 2.24. The third-order valence-corrected chi connectivity index (χ3v) is 1.89. The number of rotatable bonds is 4. The summed E-state index contributed by atoms with van der Waals surface area (Å²) in [5, 5.41) is 2.70. The molecule has 0 aromatic heterocycles. The van der Waals surface area contributed by atoms with Gasteiger partial charge < -0.3 is 15.8 Å². The first-order valence-electron chi connectivity index (χ1n) is 4.44. The fourth-order valence-corrected chi connectivity index (χ4v) is 1.31. The van der Waals surface area contributed by atoms with Crippen molar-refractivity contribution in [2.45, 2.75) is 31.4 Å². The van der Waals surface area contributed by atoms with Crippen molar-refractivity contribution in [3.8, 4) is 0 Å². The van der Waals surface area contributed by atoms with Crippen LogP contribution in [0.3, 0.4) is 0 Å². The zero-order valence-corrected chi connectivity index (χ0v) is 7.72.